The monoisotopic (exact) mass is 455 g/mol. The van der Waals surface area contributed by atoms with Gasteiger partial charge in [0, 0.05) is 16.7 Å². The summed E-state index contributed by atoms with van der Waals surface area (Å²) in [5.74, 6) is -0.971. The topological polar surface area (TPSA) is 81.7 Å². The van der Waals surface area contributed by atoms with Crippen molar-refractivity contribution in [1.82, 2.24) is 4.72 Å². The summed E-state index contributed by atoms with van der Waals surface area (Å²) >= 11 is 6.17. The second kappa shape index (κ2) is 8.43. The van der Waals surface area contributed by atoms with Gasteiger partial charge in [-0.15, -0.1) is 0 Å². The van der Waals surface area contributed by atoms with Crippen molar-refractivity contribution in [3.8, 4) is 11.5 Å². The van der Waals surface area contributed by atoms with Gasteiger partial charge in [-0.3, -0.25) is 4.79 Å². The first kappa shape index (κ1) is 22.4. The first-order valence-corrected chi connectivity index (χ1v) is 11.5. The van der Waals surface area contributed by atoms with Gasteiger partial charge < -0.3 is 9.47 Å². The van der Waals surface area contributed by atoms with Crippen molar-refractivity contribution < 1.29 is 27.1 Å². The Hall–Kier alpha value is -2.32. The fraction of sp³-hybridized carbons (Fsp3) is 0.381. The Balaban J connectivity index is 1.74. The summed E-state index contributed by atoms with van der Waals surface area (Å²) in [5.41, 5.74) is 0.719. The van der Waals surface area contributed by atoms with E-state index in [2.05, 4.69) is 0 Å². The number of carbonyl (C=O) groups excluding carboxylic acids is 1. The molecule has 2 aromatic rings. The highest BCUT2D eigenvalue weighted by molar-refractivity contribution is 7.90. The molecular weight excluding hydrogens is 433 g/mol. The molecule has 1 amide bonds. The van der Waals surface area contributed by atoms with Gasteiger partial charge in [0.2, 0.25) is 10.0 Å². The standard InChI is InChI=1S/C21H23ClFNO5S/c1-4-30(26,27)24-20(25)16-11-17(22)14(9-18(16)23)12-28-15-6-5-13-7-8-21(2,3)29-19(13)10-15/h5-6,9-11H,4,7-8,12H2,1-3H3,(H,24,25). The van der Waals surface area contributed by atoms with E-state index in [-0.39, 0.29) is 23.0 Å². The first-order valence-electron chi connectivity index (χ1n) is 9.47. The van der Waals surface area contributed by atoms with Crippen molar-refractivity contribution in [1.29, 1.82) is 0 Å². The highest BCUT2D eigenvalue weighted by Crippen LogP contribution is 2.35. The fourth-order valence-electron chi connectivity index (χ4n) is 3.01. The van der Waals surface area contributed by atoms with Crippen LogP contribution in [0.3, 0.4) is 0 Å². The van der Waals surface area contributed by atoms with Crippen LogP contribution in [-0.4, -0.2) is 25.7 Å². The molecule has 1 N–H and O–H groups in total. The molecule has 1 heterocycles. The second-order valence-electron chi connectivity index (χ2n) is 7.68. The van der Waals surface area contributed by atoms with Crippen LogP contribution in [0.5, 0.6) is 11.5 Å². The molecule has 6 nitrogen and oxygen atoms in total. The Labute approximate surface area is 180 Å². The Morgan fingerprint density at radius 3 is 2.73 bits per heavy atom. The molecule has 0 bridgehead atoms. The van der Waals surface area contributed by atoms with Gasteiger partial charge in [-0.25, -0.2) is 17.5 Å². The summed E-state index contributed by atoms with van der Waals surface area (Å²) in [5, 5.41) is 0.0887. The molecule has 1 aliphatic heterocycles. The molecular formula is C21H23ClFNO5S. The van der Waals surface area contributed by atoms with Crippen LogP contribution in [0.25, 0.3) is 0 Å². The molecule has 0 saturated heterocycles. The van der Waals surface area contributed by atoms with E-state index >= 15 is 0 Å². The minimum atomic E-state index is -3.81. The number of nitrogens with one attached hydrogen (secondary N) is 1. The number of hydrogen-bond acceptors (Lipinski definition) is 5. The van der Waals surface area contributed by atoms with E-state index in [1.54, 1.807) is 10.8 Å². The highest BCUT2D eigenvalue weighted by atomic mass is 35.5. The predicted octanol–water partition coefficient (Wildman–Crippen LogP) is 4.24. The van der Waals surface area contributed by atoms with Crippen molar-refractivity contribution in [2.45, 2.75) is 45.8 Å². The first-order chi connectivity index (χ1) is 14.0. The minimum absolute atomic E-state index is 0.0346. The quantitative estimate of drug-likeness (QED) is 0.704. The third kappa shape index (κ3) is 5.23. The van der Waals surface area contributed by atoms with Crippen LogP contribution in [-0.2, 0) is 23.1 Å². The molecule has 0 atom stereocenters. The van der Waals surface area contributed by atoms with Gasteiger partial charge in [-0.05, 0) is 57.4 Å². The lowest BCUT2D eigenvalue weighted by Gasteiger charge is -2.32. The summed E-state index contributed by atoms with van der Waals surface area (Å²) < 4.78 is 51.0. The predicted molar refractivity (Wildman–Crippen MR) is 112 cm³/mol. The highest BCUT2D eigenvalue weighted by Gasteiger charge is 2.26. The van der Waals surface area contributed by atoms with E-state index in [1.165, 1.54) is 6.92 Å². The third-order valence-electron chi connectivity index (χ3n) is 4.82. The number of hydrogen-bond donors (Lipinski definition) is 1. The number of rotatable bonds is 6. The number of aryl methyl sites for hydroxylation is 1. The summed E-state index contributed by atoms with van der Waals surface area (Å²) in [7, 11) is -3.81. The number of carbonyl (C=O) groups is 1. The zero-order valence-corrected chi connectivity index (χ0v) is 18.5. The fourth-order valence-corrected chi connectivity index (χ4v) is 3.77. The molecule has 0 aromatic heterocycles. The van der Waals surface area contributed by atoms with E-state index in [0.717, 1.165) is 36.3 Å². The maximum atomic E-state index is 14.4. The number of ether oxygens (including phenoxy) is 2. The molecule has 1 aliphatic rings. The maximum Gasteiger partial charge on any atom is 0.267 e. The largest absolute Gasteiger partial charge is 0.489 e. The Kier molecular flexibility index (Phi) is 6.29. The molecule has 30 heavy (non-hydrogen) atoms. The van der Waals surface area contributed by atoms with Gasteiger partial charge in [0.25, 0.3) is 5.91 Å². The molecule has 0 unspecified atom stereocenters. The lowest BCUT2D eigenvalue weighted by atomic mass is 9.94. The zero-order valence-electron chi connectivity index (χ0n) is 16.9. The Bertz CT molecular complexity index is 1090. The average Bonchev–Trinajstić information content (AvgIpc) is 2.66. The van der Waals surface area contributed by atoms with E-state index in [4.69, 9.17) is 21.1 Å². The van der Waals surface area contributed by atoms with Crippen LogP contribution in [0.15, 0.2) is 30.3 Å². The van der Waals surface area contributed by atoms with Crippen LogP contribution in [0.1, 0.15) is 48.7 Å². The molecule has 0 saturated carbocycles. The van der Waals surface area contributed by atoms with Crippen LogP contribution in [0.2, 0.25) is 5.02 Å². The molecule has 0 radical (unpaired) electrons. The summed E-state index contributed by atoms with van der Waals surface area (Å²) in [6.07, 6.45) is 1.84. The van der Waals surface area contributed by atoms with Crippen molar-refractivity contribution in [3.63, 3.8) is 0 Å². The van der Waals surface area contributed by atoms with Crippen molar-refractivity contribution >= 4 is 27.5 Å². The SMILES string of the molecule is CCS(=O)(=O)NC(=O)c1cc(Cl)c(COc2ccc3c(c2)OC(C)(C)CC3)cc1F. The summed E-state index contributed by atoms with van der Waals surface area (Å²) in [6, 6.07) is 7.69. The van der Waals surface area contributed by atoms with Crippen molar-refractivity contribution in [2.75, 3.05) is 5.75 Å². The number of halogens is 2. The van der Waals surface area contributed by atoms with Gasteiger partial charge in [0.05, 0.1) is 11.3 Å². The number of fused-ring (bicyclic) bond motifs is 1. The van der Waals surface area contributed by atoms with Gasteiger partial charge >= 0.3 is 0 Å². The van der Waals surface area contributed by atoms with Crippen LogP contribution in [0, 0.1) is 5.82 Å². The number of amides is 1. The van der Waals surface area contributed by atoms with E-state index in [9.17, 15) is 17.6 Å². The molecule has 0 spiro atoms. The number of benzene rings is 2. The van der Waals surface area contributed by atoms with Gasteiger partial charge in [0.1, 0.15) is 29.5 Å². The lowest BCUT2D eigenvalue weighted by molar-refractivity contribution is 0.0841. The molecule has 162 valence electrons. The van der Waals surface area contributed by atoms with Crippen LogP contribution >= 0.6 is 11.6 Å². The van der Waals surface area contributed by atoms with Crippen molar-refractivity contribution in [3.05, 3.63) is 57.9 Å². The third-order valence-corrected chi connectivity index (χ3v) is 6.43. The maximum absolute atomic E-state index is 14.4. The Morgan fingerprint density at radius 2 is 2.03 bits per heavy atom. The van der Waals surface area contributed by atoms with Crippen LogP contribution in [0.4, 0.5) is 4.39 Å². The minimum Gasteiger partial charge on any atom is -0.489 e. The molecule has 0 aliphatic carbocycles. The molecule has 9 heteroatoms. The van der Waals surface area contributed by atoms with Crippen LogP contribution < -0.4 is 14.2 Å². The van der Waals surface area contributed by atoms with Gasteiger partial charge in [0.15, 0.2) is 0 Å². The van der Waals surface area contributed by atoms with E-state index in [0.29, 0.717) is 11.3 Å². The Morgan fingerprint density at radius 1 is 1.30 bits per heavy atom. The smallest absolute Gasteiger partial charge is 0.267 e. The number of sulfonamides is 1. The second-order valence-corrected chi connectivity index (χ2v) is 10.1. The van der Waals surface area contributed by atoms with Gasteiger partial charge in [-0.1, -0.05) is 17.7 Å². The summed E-state index contributed by atoms with van der Waals surface area (Å²) in [6.45, 7) is 5.38. The molecule has 0 fully saturated rings. The molecule has 2 aromatic carbocycles. The average molecular weight is 456 g/mol. The normalized spacial score (nSPS) is 15.1. The summed E-state index contributed by atoms with van der Waals surface area (Å²) in [4.78, 5) is 12.0. The molecule has 3 rings (SSSR count). The lowest BCUT2D eigenvalue weighted by Crippen LogP contribution is -2.32. The zero-order chi connectivity index (χ0) is 22.1. The van der Waals surface area contributed by atoms with Gasteiger partial charge in [-0.2, -0.15) is 0 Å². The van der Waals surface area contributed by atoms with E-state index in [1.807, 2.05) is 26.0 Å². The van der Waals surface area contributed by atoms with E-state index < -0.39 is 27.3 Å². The van der Waals surface area contributed by atoms with Crippen molar-refractivity contribution in [2.24, 2.45) is 0 Å².